The molecule has 5 nitrogen and oxygen atoms in total. The second kappa shape index (κ2) is 6.06. The minimum atomic E-state index is -3.67. The van der Waals surface area contributed by atoms with Gasteiger partial charge in [-0.05, 0) is 53.4 Å². The fraction of sp³-hybridized carbons (Fsp3) is 0.500. The number of likely N-dealkylation sites (N-methyl/N-ethyl adjacent to an activating group) is 1. The van der Waals surface area contributed by atoms with E-state index in [9.17, 15) is 13.2 Å². The molecular weight excluding hydrogens is 356 g/mol. The van der Waals surface area contributed by atoms with E-state index in [1.54, 1.807) is 32.3 Å². The van der Waals surface area contributed by atoms with Crippen LogP contribution in [-0.4, -0.2) is 50.2 Å². The second-order valence-corrected chi connectivity index (χ2v) is 8.15. The van der Waals surface area contributed by atoms with E-state index in [4.69, 9.17) is 0 Å². The van der Waals surface area contributed by atoms with Gasteiger partial charge in [0.1, 0.15) is 6.04 Å². The number of hydrogen-bond donors (Lipinski definition) is 0. The predicted molar refractivity (Wildman–Crippen MR) is 84.5 cm³/mol. The molecule has 21 heavy (non-hydrogen) atoms. The van der Waals surface area contributed by atoms with Gasteiger partial charge in [0.2, 0.25) is 15.9 Å². The van der Waals surface area contributed by atoms with Crippen LogP contribution < -0.4 is 0 Å². The van der Waals surface area contributed by atoms with E-state index >= 15 is 0 Å². The average molecular weight is 375 g/mol. The first kappa shape index (κ1) is 16.5. The Hall–Kier alpha value is -0.920. The number of hydrogen-bond acceptors (Lipinski definition) is 3. The van der Waals surface area contributed by atoms with Crippen molar-refractivity contribution in [1.82, 2.24) is 9.21 Å². The topological polar surface area (TPSA) is 57.7 Å². The molecule has 1 heterocycles. The van der Waals surface area contributed by atoms with Crippen molar-refractivity contribution in [2.24, 2.45) is 0 Å². The molecule has 0 radical (unpaired) electrons. The van der Waals surface area contributed by atoms with Gasteiger partial charge < -0.3 is 4.90 Å². The molecule has 2 rings (SSSR count). The molecule has 1 saturated heterocycles. The van der Waals surface area contributed by atoms with Gasteiger partial charge in [-0.2, -0.15) is 4.31 Å². The summed E-state index contributed by atoms with van der Waals surface area (Å²) in [6.45, 7) is 2.28. The standard InChI is InChI=1S/C14H19BrN2O3S/c1-10-6-7-13(11(15)9-10)21(19,20)17-8-4-5-12(17)14(18)16(2)3/h6-7,9,12H,4-5,8H2,1-3H3. The first-order valence-corrected chi connectivity index (χ1v) is 8.97. The fourth-order valence-electron chi connectivity index (χ4n) is 2.51. The van der Waals surface area contributed by atoms with Gasteiger partial charge in [0.25, 0.3) is 0 Å². The van der Waals surface area contributed by atoms with Crippen molar-refractivity contribution in [3.8, 4) is 0 Å². The molecule has 1 atom stereocenters. The molecule has 0 spiro atoms. The Kier molecular flexibility index (Phi) is 4.75. The SMILES string of the molecule is Cc1ccc(S(=O)(=O)N2CCCC2C(=O)N(C)C)c(Br)c1. The van der Waals surface area contributed by atoms with Crippen LogP contribution in [0.25, 0.3) is 0 Å². The van der Waals surface area contributed by atoms with E-state index in [1.807, 2.05) is 6.92 Å². The van der Waals surface area contributed by atoms with Crippen LogP contribution in [0.1, 0.15) is 18.4 Å². The number of nitrogens with zero attached hydrogens (tertiary/aromatic N) is 2. The maximum atomic E-state index is 12.8. The molecular formula is C14H19BrN2O3S. The summed E-state index contributed by atoms with van der Waals surface area (Å²) >= 11 is 3.31. The van der Waals surface area contributed by atoms with Crippen molar-refractivity contribution in [3.63, 3.8) is 0 Å². The van der Waals surface area contributed by atoms with Gasteiger partial charge in [-0.3, -0.25) is 4.79 Å². The number of halogens is 1. The van der Waals surface area contributed by atoms with Crippen molar-refractivity contribution in [3.05, 3.63) is 28.2 Å². The van der Waals surface area contributed by atoms with Crippen molar-refractivity contribution in [2.45, 2.75) is 30.7 Å². The van der Waals surface area contributed by atoms with Crippen LogP contribution in [0.4, 0.5) is 0 Å². The van der Waals surface area contributed by atoms with Crippen LogP contribution in [0.3, 0.4) is 0 Å². The van der Waals surface area contributed by atoms with Crippen LogP contribution >= 0.6 is 15.9 Å². The minimum Gasteiger partial charge on any atom is -0.347 e. The van der Waals surface area contributed by atoms with Gasteiger partial charge in [0.15, 0.2) is 0 Å². The second-order valence-electron chi connectivity index (χ2n) is 5.44. The Labute approximate surface area is 134 Å². The molecule has 7 heteroatoms. The lowest BCUT2D eigenvalue weighted by Crippen LogP contribution is -2.45. The normalized spacial score (nSPS) is 19.7. The van der Waals surface area contributed by atoms with Crippen molar-refractivity contribution < 1.29 is 13.2 Å². The van der Waals surface area contributed by atoms with E-state index in [0.717, 1.165) is 5.56 Å². The average Bonchev–Trinajstić information content (AvgIpc) is 2.86. The highest BCUT2D eigenvalue weighted by Gasteiger charge is 2.40. The Balaban J connectivity index is 2.41. The third-order valence-electron chi connectivity index (χ3n) is 3.60. The molecule has 1 aliphatic heterocycles. The highest BCUT2D eigenvalue weighted by molar-refractivity contribution is 9.10. The number of rotatable bonds is 3. The fourth-order valence-corrected chi connectivity index (χ4v) is 5.32. The number of aryl methyl sites for hydroxylation is 1. The zero-order chi connectivity index (χ0) is 15.8. The monoisotopic (exact) mass is 374 g/mol. The Bertz CT molecular complexity index is 658. The lowest BCUT2D eigenvalue weighted by molar-refractivity contribution is -0.132. The smallest absolute Gasteiger partial charge is 0.244 e. The van der Waals surface area contributed by atoms with E-state index in [0.29, 0.717) is 23.9 Å². The summed E-state index contributed by atoms with van der Waals surface area (Å²) in [5.41, 5.74) is 0.975. The van der Waals surface area contributed by atoms with Crippen LogP contribution in [0.2, 0.25) is 0 Å². The van der Waals surface area contributed by atoms with Gasteiger partial charge in [0, 0.05) is 25.1 Å². The van der Waals surface area contributed by atoms with Gasteiger partial charge in [-0.15, -0.1) is 0 Å². The number of amides is 1. The third-order valence-corrected chi connectivity index (χ3v) is 6.49. The molecule has 116 valence electrons. The number of benzene rings is 1. The highest BCUT2D eigenvalue weighted by atomic mass is 79.9. The largest absolute Gasteiger partial charge is 0.347 e. The quantitative estimate of drug-likeness (QED) is 0.812. The van der Waals surface area contributed by atoms with Crippen molar-refractivity contribution in [1.29, 1.82) is 0 Å². The van der Waals surface area contributed by atoms with E-state index < -0.39 is 16.1 Å². The van der Waals surface area contributed by atoms with E-state index in [-0.39, 0.29) is 10.8 Å². The molecule has 1 aliphatic rings. The molecule has 0 aliphatic carbocycles. The third kappa shape index (κ3) is 3.14. The highest BCUT2D eigenvalue weighted by Crippen LogP contribution is 2.31. The first-order chi connectivity index (χ1) is 9.75. The van der Waals surface area contributed by atoms with Crippen molar-refractivity contribution >= 4 is 31.9 Å². The lowest BCUT2D eigenvalue weighted by Gasteiger charge is -2.26. The summed E-state index contributed by atoms with van der Waals surface area (Å²) in [5.74, 6) is -0.167. The molecule has 0 bridgehead atoms. The number of sulfonamides is 1. The molecule has 0 saturated carbocycles. The first-order valence-electron chi connectivity index (χ1n) is 6.74. The zero-order valence-corrected chi connectivity index (χ0v) is 14.7. The van der Waals surface area contributed by atoms with Gasteiger partial charge in [-0.1, -0.05) is 6.07 Å². The van der Waals surface area contributed by atoms with Crippen LogP contribution in [-0.2, 0) is 14.8 Å². The summed E-state index contributed by atoms with van der Waals surface area (Å²) in [4.78, 5) is 13.8. The maximum Gasteiger partial charge on any atom is 0.244 e. The number of carbonyl (C=O) groups is 1. The molecule has 0 N–H and O–H groups in total. The number of carbonyl (C=O) groups excluding carboxylic acids is 1. The summed E-state index contributed by atoms with van der Waals surface area (Å²) in [7, 11) is -0.383. The van der Waals surface area contributed by atoms with Crippen LogP contribution in [0.15, 0.2) is 27.6 Å². The lowest BCUT2D eigenvalue weighted by atomic mass is 10.2. The molecule has 1 aromatic rings. The van der Waals surface area contributed by atoms with Crippen LogP contribution in [0.5, 0.6) is 0 Å². The van der Waals surface area contributed by atoms with Crippen molar-refractivity contribution in [2.75, 3.05) is 20.6 Å². The summed E-state index contributed by atoms with van der Waals surface area (Å²) in [6, 6.07) is 4.52. The molecule has 1 aromatic carbocycles. The van der Waals surface area contributed by atoms with Gasteiger partial charge >= 0.3 is 0 Å². The summed E-state index contributed by atoms with van der Waals surface area (Å²) < 4.78 is 27.5. The predicted octanol–water partition coefficient (Wildman–Crippen LogP) is 2.00. The minimum absolute atomic E-state index is 0.167. The maximum absolute atomic E-state index is 12.8. The molecule has 1 fully saturated rings. The molecule has 1 amide bonds. The van der Waals surface area contributed by atoms with E-state index in [1.165, 1.54) is 9.21 Å². The van der Waals surface area contributed by atoms with Crippen LogP contribution in [0, 0.1) is 6.92 Å². The van der Waals surface area contributed by atoms with E-state index in [2.05, 4.69) is 15.9 Å². The Morgan fingerprint density at radius 1 is 1.38 bits per heavy atom. The summed E-state index contributed by atoms with van der Waals surface area (Å²) in [5, 5.41) is 0. The Morgan fingerprint density at radius 2 is 2.05 bits per heavy atom. The zero-order valence-electron chi connectivity index (χ0n) is 12.3. The summed E-state index contributed by atoms with van der Waals surface area (Å²) in [6.07, 6.45) is 1.27. The molecule has 1 unspecified atom stereocenters. The van der Waals surface area contributed by atoms with Gasteiger partial charge in [-0.25, -0.2) is 8.42 Å². The molecule has 0 aromatic heterocycles. The Morgan fingerprint density at radius 3 is 2.62 bits per heavy atom. The van der Waals surface area contributed by atoms with Gasteiger partial charge in [0.05, 0.1) is 4.90 Å².